The van der Waals surface area contributed by atoms with Gasteiger partial charge in [0, 0.05) is 12.2 Å². The molecule has 1 rings (SSSR count). The normalized spacial score (nSPS) is 13.5. The third-order valence-corrected chi connectivity index (χ3v) is 4.86. The summed E-state index contributed by atoms with van der Waals surface area (Å²) in [7, 11) is 0. The summed E-state index contributed by atoms with van der Waals surface area (Å²) in [5, 5.41) is 17.0. The minimum absolute atomic E-state index is 0.000467. The van der Waals surface area contributed by atoms with Crippen LogP contribution in [0.1, 0.15) is 24.8 Å². The Hall–Kier alpha value is -2.63. The maximum absolute atomic E-state index is 12.8. The van der Waals surface area contributed by atoms with Gasteiger partial charge in [-0.3, -0.25) is 14.4 Å². The quantitative estimate of drug-likeness (QED) is 0.136. The molecule has 10 nitrogen and oxygen atoms in total. The van der Waals surface area contributed by atoms with E-state index in [1.807, 2.05) is 6.07 Å². The maximum atomic E-state index is 12.8. The number of hydrogen-bond donors (Lipinski definition) is 7. The first-order chi connectivity index (χ1) is 14.8. The smallest absolute Gasteiger partial charge is 0.326 e. The van der Waals surface area contributed by atoms with Crippen LogP contribution in [0, 0.1) is 0 Å². The molecule has 0 bridgehead atoms. The van der Waals surface area contributed by atoms with Gasteiger partial charge in [-0.1, -0.05) is 30.3 Å². The first kappa shape index (κ1) is 26.4. The second-order valence-corrected chi connectivity index (χ2v) is 7.31. The lowest BCUT2D eigenvalue weighted by molar-refractivity contribution is -0.142. The fourth-order valence-corrected chi connectivity index (χ4v) is 3.06. The number of hydrogen-bond acceptors (Lipinski definition) is 7. The van der Waals surface area contributed by atoms with Gasteiger partial charge in [-0.15, -0.1) is 0 Å². The lowest BCUT2D eigenvalue weighted by Crippen LogP contribution is -2.56. The Balaban J connectivity index is 2.88. The van der Waals surface area contributed by atoms with Gasteiger partial charge in [0.05, 0.1) is 6.54 Å². The van der Waals surface area contributed by atoms with Gasteiger partial charge in [-0.05, 0) is 31.4 Å². The molecule has 1 aromatic rings. The third kappa shape index (κ3) is 9.81. The van der Waals surface area contributed by atoms with Gasteiger partial charge in [0.1, 0.15) is 18.1 Å². The van der Waals surface area contributed by atoms with Crippen molar-refractivity contribution in [3.8, 4) is 0 Å². The number of aliphatic carboxylic acids is 1. The van der Waals surface area contributed by atoms with Crippen molar-refractivity contribution in [3.05, 3.63) is 35.9 Å². The molecule has 3 amide bonds. The zero-order valence-corrected chi connectivity index (χ0v) is 18.1. The van der Waals surface area contributed by atoms with E-state index in [4.69, 9.17) is 11.5 Å². The molecule has 0 fully saturated rings. The molecule has 0 saturated carbocycles. The van der Waals surface area contributed by atoms with E-state index in [2.05, 4.69) is 28.6 Å². The molecule has 31 heavy (non-hydrogen) atoms. The second-order valence-electron chi connectivity index (χ2n) is 6.94. The molecule has 0 aromatic heterocycles. The van der Waals surface area contributed by atoms with Gasteiger partial charge in [0.2, 0.25) is 17.7 Å². The number of nitrogens with one attached hydrogen (secondary N) is 3. The number of amides is 3. The van der Waals surface area contributed by atoms with E-state index in [1.54, 1.807) is 24.3 Å². The number of unbranched alkanes of at least 4 members (excludes halogenated alkanes) is 1. The summed E-state index contributed by atoms with van der Waals surface area (Å²) in [6.45, 7) is 0.123. The zero-order chi connectivity index (χ0) is 23.2. The first-order valence-electron chi connectivity index (χ1n) is 10.00. The fourth-order valence-electron chi connectivity index (χ4n) is 2.80. The monoisotopic (exact) mass is 453 g/mol. The maximum Gasteiger partial charge on any atom is 0.326 e. The van der Waals surface area contributed by atoms with Crippen molar-refractivity contribution in [3.63, 3.8) is 0 Å². The fraction of sp³-hybridized carbons (Fsp3) is 0.500. The summed E-state index contributed by atoms with van der Waals surface area (Å²) in [5.74, 6) is -2.96. The first-order valence-corrected chi connectivity index (χ1v) is 10.6. The highest BCUT2D eigenvalue weighted by molar-refractivity contribution is 7.80. The van der Waals surface area contributed by atoms with Gasteiger partial charge in [-0.25, -0.2) is 4.79 Å². The summed E-state index contributed by atoms with van der Waals surface area (Å²) >= 11 is 4.06. The number of rotatable bonds is 14. The molecule has 0 aliphatic carbocycles. The van der Waals surface area contributed by atoms with Crippen LogP contribution >= 0.6 is 12.6 Å². The lowest BCUT2D eigenvalue weighted by atomic mass is 10.0. The van der Waals surface area contributed by atoms with Crippen molar-refractivity contribution in [1.29, 1.82) is 0 Å². The van der Waals surface area contributed by atoms with Crippen LogP contribution in [0.15, 0.2) is 30.3 Å². The highest BCUT2D eigenvalue weighted by Crippen LogP contribution is 2.07. The Kier molecular flexibility index (Phi) is 12.3. The van der Waals surface area contributed by atoms with Gasteiger partial charge in [0.25, 0.3) is 0 Å². The molecule has 0 spiro atoms. The van der Waals surface area contributed by atoms with Crippen molar-refractivity contribution < 1.29 is 24.3 Å². The second kappa shape index (κ2) is 14.4. The Morgan fingerprint density at radius 3 is 2.06 bits per heavy atom. The number of carboxylic acid groups (broad SMARTS) is 1. The molecule has 172 valence electrons. The van der Waals surface area contributed by atoms with E-state index in [0.29, 0.717) is 19.4 Å². The van der Waals surface area contributed by atoms with E-state index >= 15 is 0 Å². The van der Waals surface area contributed by atoms with Crippen LogP contribution in [0.4, 0.5) is 0 Å². The van der Waals surface area contributed by atoms with E-state index in [-0.39, 0.29) is 25.1 Å². The number of benzene rings is 1. The van der Waals surface area contributed by atoms with Crippen molar-refractivity contribution in [2.24, 2.45) is 11.5 Å². The van der Waals surface area contributed by atoms with E-state index < -0.39 is 41.8 Å². The van der Waals surface area contributed by atoms with E-state index in [0.717, 1.165) is 5.56 Å². The number of nitrogens with two attached hydrogens (primary N) is 2. The van der Waals surface area contributed by atoms with Crippen LogP contribution < -0.4 is 27.4 Å². The lowest BCUT2D eigenvalue weighted by Gasteiger charge is -2.24. The van der Waals surface area contributed by atoms with Crippen LogP contribution in [0.3, 0.4) is 0 Å². The van der Waals surface area contributed by atoms with E-state index in [1.165, 1.54) is 0 Å². The molecule has 11 heteroatoms. The largest absolute Gasteiger partial charge is 0.480 e. The van der Waals surface area contributed by atoms with Gasteiger partial charge < -0.3 is 32.5 Å². The molecule has 0 aliphatic heterocycles. The predicted octanol–water partition coefficient (Wildman–Crippen LogP) is -1.21. The molecule has 3 atom stereocenters. The summed E-state index contributed by atoms with van der Waals surface area (Å²) in [5.41, 5.74) is 11.5. The predicted molar refractivity (Wildman–Crippen MR) is 119 cm³/mol. The van der Waals surface area contributed by atoms with Crippen LogP contribution in [-0.4, -0.2) is 65.8 Å². The Morgan fingerprint density at radius 2 is 1.52 bits per heavy atom. The molecule has 3 unspecified atom stereocenters. The SMILES string of the molecule is NCCCCC(NC(=O)C(CS)NC(=O)CN)C(=O)NC(Cc1ccccc1)C(=O)O. The summed E-state index contributed by atoms with van der Waals surface area (Å²) in [4.78, 5) is 48.5. The summed E-state index contributed by atoms with van der Waals surface area (Å²) in [6, 6.07) is 5.75. The summed E-state index contributed by atoms with van der Waals surface area (Å²) in [6.07, 6.45) is 1.53. The van der Waals surface area contributed by atoms with Crippen molar-refractivity contribution in [2.45, 2.75) is 43.8 Å². The average molecular weight is 454 g/mol. The molecule has 0 radical (unpaired) electrons. The molecule has 0 heterocycles. The summed E-state index contributed by atoms with van der Waals surface area (Å²) < 4.78 is 0. The number of carbonyl (C=O) groups is 4. The van der Waals surface area contributed by atoms with E-state index in [9.17, 15) is 24.3 Å². The van der Waals surface area contributed by atoms with Gasteiger partial charge >= 0.3 is 5.97 Å². The average Bonchev–Trinajstić information content (AvgIpc) is 2.76. The molecule has 0 aliphatic rings. The molecule has 0 saturated heterocycles. The van der Waals surface area contributed by atoms with Crippen molar-refractivity contribution in [2.75, 3.05) is 18.8 Å². The highest BCUT2D eigenvalue weighted by atomic mass is 32.1. The Labute approximate surface area is 186 Å². The van der Waals surface area contributed by atoms with Crippen LogP contribution in [-0.2, 0) is 25.6 Å². The molecule has 8 N–H and O–H groups in total. The minimum Gasteiger partial charge on any atom is -0.480 e. The molecular formula is C20H31N5O5S. The molecule has 1 aromatic carbocycles. The van der Waals surface area contributed by atoms with Gasteiger partial charge in [0.15, 0.2) is 0 Å². The van der Waals surface area contributed by atoms with Crippen LogP contribution in [0.5, 0.6) is 0 Å². The molecular weight excluding hydrogens is 422 g/mol. The third-order valence-electron chi connectivity index (χ3n) is 4.50. The number of carboxylic acids is 1. The Bertz CT molecular complexity index is 734. The van der Waals surface area contributed by atoms with Crippen molar-refractivity contribution in [1.82, 2.24) is 16.0 Å². The van der Waals surface area contributed by atoms with Gasteiger partial charge in [-0.2, -0.15) is 12.6 Å². The standard InChI is InChI=1S/C20H31N5O5S/c21-9-5-4-8-14(24-19(28)16(12-31)23-17(26)11-22)18(27)25-15(20(29)30)10-13-6-2-1-3-7-13/h1-3,6-7,14-16,31H,4-5,8-12,21-22H2,(H,23,26)(H,24,28)(H,25,27)(H,29,30). The van der Waals surface area contributed by atoms with Crippen LogP contribution in [0.25, 0.3) is 0 Å². The zero-order valence-electron chi connectivity index (χ0n) is 17.3. The highest BCUT2D eigenvalue weighted by Gasteiger charge is 2.28. The number of thiol groups is 1. The number of carbonyl (C=O) groups excluding carboxylic acids is 3. The topological polar surface area (TPSA) is 177 Å². The van der Waals surface area contributed by atoms with Crippen LogP contribution in [0.2, 0.25) is 0 Å². The minimum atomic E-state index is -1.19. The van der Waals surface area contributed by atoms with Crippen molar-refractivity contribution >= 4 is 36.3 Å². The Morgan fingerprint density at radius 1 is 0.903 bits per heavy atom.